The van der Waals surface area contributed by atoms with E-state index in [0.29, 0.717) is 11.1 Å². The Morgan fingerprint density at radius 3 is 2.56 bits per heavy atom. The Hall–Kier alpha value is -0.930. The third-order valence-electron chi connectivity index (χ3n) is 2.61. The molecule has 84 valence electrons. The normalized spacial score (nSPS) is 29.6. The summed E-state index contributed by atoms with van der Waals surface area (Å²) >= 11 is 3.15. The van der Waals surface area contributed by atoms with Crippen molar-refractivity contribution in [3.8, 4) is 0 Å². The summed E-state index contributed by atoms with van der Waals surface area (Å²) in [5.41, 5.74) is 1.93. The second kappa shape index (κ2) is 4.15. The SMILES string of the molecule is CC1=CC(Br)C(O)(F)C(c2ccccc2)=C1. The van der Waals surface area contributed by atoms with Gasteiger partial charge < -0.3 is 5.11 Å². The first-order chi connectivity index (χ1) is 7.51. The molecule has 1 nitrogen and oxygen atoms in total. The maximum Gasteiger partial charge on any atom is 0.249 e. The summed E-state index contributed by atoms with van der Waals surface area (Å²) in [5, 5.41) is 9.85. The van der Waals surface area contributed by atoms with E-state index in [2.05, 4.69) is 15.9 Å². The van der Waals surface area contributed by atoms with Gasteiger partial charge in [-0.15, -0.1) is 0 Å². The van der Waals surface area contributed by atoms with E-state index in [1.54, 1.807) is 24.3 Å². The van der Waals surface area contributed by atoms with E-state index in [0.717, 1.165) is 5.57 Å². The Labute approximate surface area is 102 Å². The van der Waals surface area contributed by atoms with Gasteiger partial charge in [0.15, 0.2) is 0 Å². The summed E-state index contributed by atoms with van der Waals surface area (Å²) in [5.74, 6) is -2.36. The smallest absolute Gasteiger partial charge is 0.249 e. The third kappa shape index (κ3) is 1.97. The zero-order valence-corrected chi connectivity index (χ0v) is 10.4. The Kier molecular flexibility index (Phi) is 3.00. The van der Waals surface area contributed by atoms with Crippen LogP contribution in [0.25, 0.3) is 5.57 Å². The fourth-order valence-electron chi connectivity index (χ4n) is 1.77. The minimum Gasteiger partial charge on any atom is -0.357 e. The van der Waals surface area contributed by atoms with Crippen LogP contribution >= 0.6 is 15.9 Å². The van der Waals surface area contributed by atoms with Crippen LogP contribution in [0.15, 0.2) is 48.1 Å². The van der Waals surface area contributed by atoms with Gasteiger partial charge in [0, 0.05) is 5.57 Å². The van der Waals surface area contributed by atoms with Gasteiger partial charge in [-0.05, 0) is 12.5 Å². The molecule has 0 heterocycles. The van der Waals surface area contributed by atoms with Crippen LogP contribution in [0.3, 0.4) is 0 Å². The van der Waals surface area contributed by atoms with E-state index >= 15 is 0 Å². The van der Waals surface area contributed by atoms with Crippen LogP contribution in [0, 0.1) is 0 Å². The van der Waals surface area contributed by atoms with Crippen molar-refractivity contribution in [2.45, 2.75) is 17.6 Å². The summed E-state index contributed by atoms with van der Waals surface area (Å²) in [4.78, 5) is -0.708. The van der Waals surface area contributed by atoms with Crippen molar-refractivity contribution in [2.75, 3.05) is 0 Å². The molecule has 0 saturated carbocycles. The molecule has 0 amide bonds. The fourth-order valence-corrected chi connectivity index (χ4v) is 2.43. The van der Waals surface area contributed by atoms with Gasteiger partial charge in [-0.3, -0.25) is 0 Å². The highest BCUT2D eigenvalue weighted by Crippen LogP contribution is 2.39. The van der Waals surface area contributed by atoms with Gasteiger partial charge >= 0.3 is 0 Å². The van der Waals surface area contributed by atoms with E-state index in [4.69, 9.17) is 0 Å². The lowest BCUT2D eigenvalue weighted by Crippen LogP contribution is -2.35. The largest absolute Gasteiger partial charge is 0.357 e. The molecule has 1 aliphatic rings. The lowest BCUT2D eigenvalue weighted by atomic mass is 9.90. The fraction of sp³-hybridized carbons (Fsp3) is 0.231. The monoisotopic (exact) mass is 282 g/mol. The second-order valence-electron chi connectivity index (χ2n) is 3.91. The average Bonchev–Trinajstić information content (AvgIpc) is 2.25. The number of allylic oxidation sites excluding steroid dienone is 2. The van der Waals surface area contributed by atoms with E-state index in [1.165, 1.54) is 0 Å². The predicted octanol–water partition coefficient (Wildman–Crippen LogP) is 3.45. The maximum absolute atomic E-state index is 14.2. The van der Waals surface area contributed by atoms with E-state index in [9.17, 15) is 9.50 Å². The molecule has 0 saturated heterocycles. The standard InChI is InChI=1S/C13H12BrFO/c1-9-7-11(10-5-3-2-4-6-10)13(15,16)12(14)8-9/h2-8,12,16H,1H3. The van der Waals surface area contributed by atoms with Crippen LogP contribution in [-0.4, -0.2) is 15.8 Å². The van der Waals surface area contributed by atoms with Crippen molar-refractivity contribution in [2.24, 2.45) is 0 Å². The third-order valence-corrected chi connectivity index (χ3v) is 3.48. The van der Waals surface area contributed by atoms with Crippen LogP contribution < -0.4 is 0 Å². The first-order valence-electron chi connectivity index (χ1n) is 5.03. The van der Waals surface area contributed by atoms with Crippen LogP contribution in [0.2, 0.25) is 0 Å². The van der Waals surface area contributed by atoms with Crippen molar-refractivity contribution < 1.29 is 9.50 Å². The maximum atomic E-state index is 14.2. The summed E-state index contributed by atoms with van der Waals surface area (Å²) in [6, 6.07) is 9.08. The molecule has 0 radical (unpaired) electrons. The molecule has 0 spiro atoms. The highest BCUT2D eigenvalue weighted by atomic mass is 79.9. The number of rotatable bonds is 1. The topological polar surface area (TPSA) is 20.2 Å². The number of aliphatic hydroxyl groups is 1. The minimum absolute atomic E-state index is 0.301. The van der Waals surface area contributed by atoms with E-state index in [1.807, 2.05) is 25.1 Å². The van der Waals surface area contributed by atoms with Crippen molar-refractivity contribution in [3.05, 3.63) is 53.6 Å². The molecule has 1 aromatic rings. The summed E-state index contributed by atoms with van der Waals surface area (Å²) in [7, 11) is 0. The molecular formula is C13H12BrFO. The van der Waals surface area contributed by atoms with Gasteiger partial charge in [0.05, 0.1) is 4.83 Å². The van der Waals surface area contributed by atoms with Crippen LogP contribution in [0.4, 0.5) is 4.39 Å². The van der Waals surface area contributed by atoms with Crippen LogP contribution in [-0.2, 0) is 0 Å². The van der Waals surface area contributed by atoms with Gasteiger partial charge in [0.2, 0.25) is 5.85 Å². The molecule has 16 heavy (non-hydrogen) atoms. The molecule has 1 aliphatic carbocycles. The first-order valence-corrected chi connectivity index (χ1v) is 5.95. The van der Waals surface area contributed by atoms with Gasteiger partial charge in [0.1, 0.15) is 0 Å². The molecular weight excluding hydrogens is 271 g/mol. The second-order valence-corrected chi connectivity index (χ2v) is 4.90. The van der Waals surface area contributed by atoms with Crippen LogP contribution in [0.1, 0.15) is 12.5 Å². The zero-order valence-electron chi connectivity index (χ0n) is 8.82. The lowest BCUT2D eigenvalue weighted by molar-refractivity contribution is -0.0219. The first kappa shape index (κ1) is 11.6. The van der Waals surface area contributed by atoms with Gasteiger partial charge in [-0.2, -0.15) is 0 Å². The van der Waals surface area contributed by atoms with Crippen molar-refractivity contribution in [1.29, 1.82) is 0 Å². The number of alkyl halides is 2. The number of benzene rings is 1. The number of hydrogen-bond acceptors (Lipinski definition) is 1. The molecule has 0 fully saturated rings. The zero-order chi connectivity index (χ0) is 11.8. The molecule has 2 rings (SSSR count). The van der Waals surface area contributed by atoms with Gasteiger partial charge in [-0.25, -0.2) is 4.39 Å². The number of hydrogen-bond donors (Lipinski definition) is 1. The predicted molar refractivity (Wildman–Crippen MR) is 66.9 cm³/mol. The quantitative estimate of drug-likeness (QED) is 0.783. The van der Waals surface area contributed by atoms with E-state index < -0.39 is 10.7 Å². The molecule has 2 atom stereocenters. The number of halogens is 2. The molecule has 2 unspecified atom stereocenters. The Balaban J connectivity index is 2.51. The lowest BCUT2D eigenvalue weighted by Gasteiger charge is -2.29. The van der Waals surface area contributed by atoms with Crippen molar-refractivity contribution in [3.63, 3.8) is 0 Å². The molecule has 1 aromatic carbocycles. The minimum atomic E-state index is -2.36. The highest BCUT2D eigenvalue weighted by molar-refractivity contribution is 9.09. The van der Waals surface area contributed by atoms with E-state index in [-0.39, 0.29) is 0 Å². The van der Waals surface area contributed by atoms with Crippen LogP contribution in [0.5, 0.6) is 0 Å². The van der Waals surface area contributed by atoms with Crippen molar-refractivity contribution >= 4 is 21.5 Å². The molecule has 3 heteroatoms. The Bertz CT molecular complexity index is 448. The Morgan fingerprint density at radius 2 is 1.94 bits per heavy atom. The molecule has 1 N–H and O–H groups in total. The molecule has 0 aliphatic heterocycles. The molecule has 0 bridgehead atoms. The van der Waals surface area contributed by atoms with Gasteiger partial charge in [0.25, 0.3) is 0 Å². The highest BCUT2D eigenvalue weighted by Gasteiger charge is 2.40. The van der Waals surface area contributed by atoms with Crippen molar-refractivity contribution in [1.82, 2.24) is 0 Å². The summed E-state index contributed by atoms with van der Waals surface area (Å²) in [6.07, 6.45) is 3.33. The summed E-state index contributed by atoms with van der Waals surface area (Å²) < 4.78 is 14.2. The Morgan fingerprint density at radius 1 is 1.31 bits per heavy atom. The average molecular weight is 283 g/mol. The van der Waals surface area contributed by atoms with Gasteiger partial charge in [-0.1, -0.05) is 64.0 Å². The summed E-state index contributed by atoms with van der Waals surface area (Å²) in [6.45, 7) is 1.88. The molecule has 0 aromatic heterocycles.